The van der Waals surface area contributed by atoms with E-state index >= 15 is 0 Å². The molecule has 0 spiro atoms. The van der Waals surface area contributed by atoms with Crippen LogP contribution < -0.4 is 11.1 Å². The number of rotatable bonds is 5. The Balaban J connectivity index is 3.04. The quantitative estimate of drug-likeness (QED) is 0.536. The minimum atomic E-state index is -0.774. The first-order valence-electron chi connectivity index (χ1n) is 5.20. The Hall–Kier alpha value is -1.11. The summed E-state index contributed by atoms with van der Waals surface area (Å²) in [5.41, 5.74) is 6.63. The van der Waals surface area contributed by atoms with Crippen molar-refractivity contribution in [2.24, 2.45) is 12.8 Å². The Morgan fingerprint density at radius 2 is 2.00 bits per heavy atom. The van der Waals surface area contributed by atoms with E-state index in [9.17, 15) is 10.2 Å². The van der Waals surface area contributed by atoms with Crippen LogP contribution in [-0.4, -0.2) is 38.7 Å². The normalized spacial score (nSPS) is 11.9. The first-order valence-corrected chi connectivity index (χ1v) is 5.20. The average molecular weight is 228 g/mol. The zero-order valence-corrected chi connectivity index (χ0v) is 9.99. The van der Waals surface area contributed by atoms with E-state index in [2.05, 4.69) is 10.4 Å². The molecule has 0 aliphatic heterocycles. The first-order chi connectivity index (χ1) is 7.47. The summed E-state index contributed by atoms with van der Waals surface area (Å²) in [7, 11) is 1.80. The summed E-state index contributed by atoms with van der Waals surface area (Å²) in [4.78, 5) is 0. The van der Waals surface area contributed by atoms with Gasteiger partial charge in [0.25, 0.3) is 0 Å². The number of hydrogen-bond acceptors (Lipinski definition) is 5. The van der Waals surface area contributed by atoms with Gasteiger partial charge in [0.1, 0.15) is 5.82 Å². The molecule has 5 N–H and O–H groups in total. The van der Waals surface area contributed by atoms with Crippen LogP contribution in [0.25, 0.3) is 0 Å². The van der Waals surface area contributed by atoms with Crippen LogP contribution in [0, 0.1) is 6.92 Å². The van der Waals surface area contributed by atoms with E-state index in [-0.39, 0.29) is 13.2 Å². The van der Waals surface area contributed by atoms with E-state index in [0.29, 0.717) is 6.54 Å². The molecule has 1 rings (SSSR count). The lowest BCUT2D eigenvalue weighted by Gasteiger charge is -2.27. The van der Waals surface area contributed by atoms with Crippen molar-refractivity contribution in [1.29, 1.82) is 0 Å². The van der Waals surface area contributed by atoms with E-state index in [0.717, 1.165) is 17.1 Å². The molecule has 0 aliphatic rings. The molecule has 0 fully saturated rings. The van der Waals surface area contributed by atoms with Gasteiger partial charge in [-0.15, -0.1) is 0 Å². The van der Waals surface area contributed by atoms with Gasteiger partial charge in [0.2, 0.25) is 0 Å². The van der Waals surface area contributed by atoms with Gasteiger partial charge < -0.3 is 21.3 Å². The molecule has 1 aromatic rings. The van der Waals surface area contributed by atoms with Gasteiger partial charge in [0.15, 0.2) is 0 Å². The number of aliphatic hydroxyl groups is 2. The van der Waals surface area contributed by atoms with Crippen LogP contribution in [0.15, 0.2) is 0 Å². The molecule has 6 heteroatoms. The lowest BCUT2D eigenvalue weighted by atomic mass is 10.1. The van der Waals surface area contributed by atoms with Gasteiger partial charge in [-0.05, 0) is 13.8 Å². The molecule has 0 bridgehead atoms. The fourth-order valence-electron chi connectivity index (χ4n) is 1.52. The summed E-state index contributed by atoms with van der Waals surface area (Å²) in [6, 6.07) is 0. The summed E-state index contributed by atoms with van der Waals surface area (Å²) in [5, 5.41) is 25.8. The highest BCUT2D eigenvalue weighted by Gasteiger charge is 2.25. The lowest BCUT2D eigenvalue weighted by molar-refractivity contribution is 0.147. The van der Waals surface area contributed by atoms with Gasteiger partial charge >= 0.3 is 0 Å². The van der Waals surface area contributed by atoms with Crippen LogP contribution in [0.4, 0.5) is 5.82 Å². The highest BCUT2D eigenvalue weighted by atomic mass is 16.3. The van der Waals surface area contributed by atoms with Crippen molar-refractivity contribution < 1.29 is 10.2 Å². The molecule has 0 atom stereocenters. The molecule has 92 valence electrons. The second-order valence-corrected chi connectivity index (χ2v) is 4.24. The molecular formula is C10H20N4O2. The predicted molar refractivity (Wildman–Crippen MR) is 62.0 cm³/mol. The average Bonchev–Trinajstić information content (AvgIpc) is 2.53. The molecule has 0 unspecified atom stereocenters. The molecule has 0 aromatic carbocycles. The maximum absolute atomic E-state index is 9.22. The van der Waals surface area contributed by atoms with Gasteiger partial charge in [-0.2, -0.15) is 5.10 Å². The van der Waals surface area contributed by atoms with Crippen LogP contribution in [0.2, 0.25) is 0 Å². The van der Waals surface area contributed by atoms with Crippen molar-refractivity contribution in [3.63, 3.8) is 0 Å². The van der Waals surface area contributed by atoms with Gasteiger partial charge in [-0.1, -0.05) is 0 Å². The van der Waals surface area contributed by atoms with E-state index in [1.807, 2.05) is 6.92 Å². The summed E-state index contributed by atoms with van der Waals surface area (Å²) in [6.07, 6.45) is 0. The van der Waals surface area contributed by atoms with Crippen LogP contribution >= 0.6 is 0 Å². The van der Waals surface area contributed by atoms with Crippen molar-refractivity contribution >= 4 is 5.82 Å². The number of nitrogens with two attached hydrogens (primary N) is 1. The number of anilines is 1. The standard InChI is InChI=1S/C10H20N4O2/c1-7-8(4-11)9(14(3)13-7)12-10(2,5-15)6-16/h12,15-16H,4-6,11H2,1-3H3. The van der Waals surface area contributed by atoms with Gasteiger partial charge in [0, 0.05) is 19.2 Å². The molecule has 0 aliphatic carbocycles. The zero-order chi connectivity index (χ0) is 12.3. The van der Waals surface area contributed by atoms with Crippen molar-refractivity contribution in [3.8, 4) is 0 Å². The summed E-state index contributed by atoms with van der Waals surface area (Å²) in [5.74, 6) is 0.741. The SMILES string of the molecule is Cc1nn(C)c(NC(C)(CO)CO)c1CN. The van der Waals surface area contributed by atoms with Crippen LogP contribution in [-0.2, 0) is 13.6 Å². The third-order valence-corrected chi connectivity index (χ3v) is 2.67. The van der Waals surface area contributed by atoms with Gasteiger partial charge in [-0.3, -0.25) is 4.68 Å². The van der Waals surface area contributed by atoms with Crippen LogP contribution in [0.1, 0.15) is 18.2 Å². The summed E-state index contributed by atoms with van der Waals surface area (Å²) < 4.78 is 1.67. The van der Waals surface area contributed by atoms with Crippen molar-refractivity contribution in [3.05, 3.63) is 11.3 Å². The topological polar surface area (TPSA) is 96.3 Å². The van der Waals surface area contributed by atoms with E-state index in [1.165, 1.54) is 0 Å². The largest absolute Gasteiger partial charge is 0.394 e. The second-order valence-electron chi connectivity index (χ2n) is 4.24. The third-order valence-electron chi connectivity index (χ3n) is 2.67. The maximum atomic E-state index is 9.22. The summed E-state index contributed by atoms with van der Waals surface area (Å²) in [6.45, 7) is 3.64. The smallest absolute Gasteiger partial charge is 0.129 e. The maximum Gasteiger partial charge on any atom is 0.129 e. The number of hydrogen-bond donors (Lipinski definition) is 4. The molecule has 0 radical (unpaired) electrons. The lowest BCUT2D eigenvalue weighted by Crippen LogP contribution is -2.43. The minimum Gasteiger partial charge on any atom is -0.394 e. The third kappa shape index (κ3) is 2.34. The molecule has 1 heterocycles. The van der Waals surface area contributed by atoms with Crippen LogP contribution in [0.3, 0.4) is 0 Å². The van der Waals surface area contributed by atoms with E-state index < -0.39 is 5.54 Å². The Morgan fingerprint density at radius 1 is 1.44 bits per heavy atom. The molecule has 0 saturated heterocycles. The summed E-state index contributed by atoms with van der Waals surface area (Å²) >= 11 is 0. The van der Waals surface area contributed by atoms with Gasteiger partial charge in [-0.25, -0.2) is 0 Å². The van der Waals surface area contributed by atoms with E-state index in [1.54, 1.807) is 18.7 Å². The molecule has 6 nitrogen and oxygen atoms in total. The molecule has 16 heavy (non-hydrogen) atoms. The van der Waals surface area contributed by atoms with Gasteiger partial charge in [0.05, 0.1) is 24.4 Å². The van der Waals surface area contributed by atoms with Crippen molar-refractivity contribution in [1.82, 2.24) is 9.78 Å². The number of aryl methyl sites for hydroxylation is 2. The molecule has 0 amide bonds. The molecule has 1 aromatic heterocycles. The molecule has 0 saturated carbocycles. The monoisotopic (exact) mass is 228 g/mol. The number of aromatic nitrogens is 2. The molecular weight excluding hydrogens is 208 g/mol. The fourth-order valence-corrected chi connectivity index (χ4v) is 1.52. The van der Waals surface area contributed by atoms with E-state index in [4.69, 9.17) is 5.73 Å². The second kappa shape index (κ2) is 4.82. The Kier molecular flexibility index (Phi) is 3.90. The zero-order valence-electron chi connectivity index (χ0n) is 9.99. The van der Waals surface area contributed by atoms with Crippen molar-refractivity contribution in [2.45, 2.75) is 25.9 Å². The predicted octanol–water partition coefficient (Wildman–Crippen LogP) is -0.658. The number of aliphatic hydroxyl groups excluding tert-OH is 2. The first kappa shape index (κ1) is 13.0. The number of nitrogens with zero attached hydrogens (tertiary/aromatic N) is 2. The fraction of sp³-hybridized carbons (Fsp3) is 0.700. The van der Waals surface area contributed by atoms with Crippen LogP contribution in [0.5, 0.6) is 0 Å². The Morgan fingerprint density at radius 3 is 2.44 bits per heavy atom. The minimum absolute atomic E-state index is 0.169. The highest BCUT2D eigenvalue weighted by Crippen LogP contribution is 2.21. The highest BCUT2D eigenvalue weighted by molar-refractivity contribution is 5.49. The Bertz CT molecular complexity index is 358. The number of nitrogens with one attached hydrogen (secondary N) is 1. The Labute approximate surface area is 95.1 Å². The van der Waals surface area contributed by atoms with Crippen molar-refractivity contribution in [2.75, 3.05) is 18.5 Å².